The van der Waals surface area contributed by atoms with Crippen LogP contribution in [0.5, 0.6) is 0 Å². The Kier molecular flexibility index (Phi) is 4.21. The van der Waals surface area contributed by atoms with Crippen LogP contribution in [0.3, 0.4) is 0 Å². The average Bonchev–Trinajstić information content (AvgIpc) is 1.84. The predicted molar refractivity (Wildman–Crippen MR) is 47.1 cm³/mol. The molecule has 0 aromatic rings. The zero-order valence-electron chi connectivity index (χ0n) is 7.65. The first-order valence-electron chi connectivity index (χ1n) is 3.75. The van der Waals surface area contributed by atoms with Crippen LogP contribution in [-0.4, -0.2) is 15.4 Å². The molecule has 0 saturated heterocycles. The molecule has 0 aromatic heterocycles. The van der Waals surface area contributed by atoms with Crippen LogP contribution in [0.15, 0.2) is 23.9 Å². The molecule has 70 valence electrons. The van der Waals surface area contributed by atoms with E-state index in [-0.39, 0.29) is 11.7 Å². The molecule has 0 aliphatic carbocycles. The topological polar surface area (TPSA) is 69.7 Å². The van der Waals surface area contributed by atoms with Crippen molar-refractivity contribution < 1.29 is 10.3 Å². The Balaban J connectivity index is 4.24. The Morgan fingerprint density at radius 1 is 1.42 bits per heavy atom. The molecule has 0 atom stereocenters. The van der Waals surface area contributed by atoms with Crippen LogP contribution < -0.4 is 5.73 Å². The molecule has 0 aliphatic heterocycles. The van der Waals surface area contributed by atoms with Crippen molar-refractivity contribution >= 4 is 0 Å². The van der Waals surface area contributed by atoms with Crippen molar-refractivity contribution in [3.05, 3.63) is 23.9 Å². The SMILES string of the molecule is C/C(O)=C\N(O)/C=C(\N)C(C)C. The van der Waals surface area contributed by atoms with Crippen molar-refractivity contribution in [2.75, 3.05) is 0 Å². The summed E-state index contributed by atoms with van der Waals surface area (Å²) in [5, 5.41) is 18.6. The van der Waals surface area contributed by atoms with E-state index in [1.54, 1.807) is 0 Å². The fourth-order valence-electron chi connectivity index (χ4n) is 0.530. The van der Waals surface area contributed by atoms with Gasteiger partial charge in [-0.25, -0.2) is 5.06 Å². The number of hydrogen-bond donors (Lipinski definition) is 3. The first-order chi connectivity index (χ1) is 5.43. The van der Waals surface area contributed by atoms with Crippen molar-refractivity contribution in [1.29, 1.82) is 0 Å². The predicted octanol–water partition coefficient (Wildman–Crippen LogP) is 1.55. The molecule has 0 amide bonds. The maximum absolute atomic E-state index is 9.08. The van der Waals surface area contributed by atoms with Crippen LogP contribution in [0.25, 0.3) is 0 Å². The fourth-order valence-corrected chi connectivity index (χ4v) is 0.530. The second-order valence-corrected chi connectivity index (χ2v) is 2.93. The van der Waals surface area contributed by atoms with Crippen LogP contribution in [0.2, 0.25) is 0 Å². The Bertz CT molecular complexity index is 193. The summed E-state index contributed by atoms with van der Waals surface area (Å²) in [7, 11) is 0. The van der Waals surface area contributed by atoms with E-state index in [2.05, 4.69) is 0 Å². The minimum Gasteiger partial charge on any atom is -0.511 e. The molecule has 4 heteroatoms. The molecule has 4 nitrogen and oxygen atoms in total. The normalized spacial score (nSPS) is 13.8. The van der Waals surface area contributed by atoms with E-state index in [0.29, 0.717) is 5.70 Å². The van der Waals surface area contributed by atoms with Gasteiger partial charge in [-0.05, 0) is 12.8 Å². The van der Waals surface area contributed by atoms with Gasteiger partial charge in [0, 0.05) is 5.70 Å². The molecular weight excluding hydrogens is 156 g/mol. The molecule has 0 radical (unpaired) electrons. The van der Waals surface area contributed by atoms with Gasteiger partial charge in [-0.15, -0.1) is 0 Å². The first-order valence-corrected chi connectivity index (χ1v) is 3.75. The quantitative estimate of drug-likeness (QED) is 0.446. The zero-order chi connectivity index (χ0) is 9.72. The highest BCUT2D eigenvalue weighted by Crippen LogP contribution is 2.03. The first kappa shape index (κ1) is 10.8. The van der Waals surface area contributed by atoms with E-state index in [1.807, 2.05) is 13.8 Å². The Labute approximate surface area is 72.6 Å². The van der Waals surface area contributed by atoms with Gasteiger partial charge in [0.05, 0.1) is 12.4 Å². The summed E-state index contributed by atoms with van der Waals surface area (Å²) in [6.45, 7) is 5.28. The van der Waals surface area contributed by atoms with Gasteiger partial charge in [0.2, 0.25) is 0 Å². The molecule has 0 rings (SSSR count). The lowest BCUT2D eigenvalue weighted by Gasteiger charge is -2.10. The highest BCUT2D eigenvalue weighted by molar-refractivity contribution is 5.00. The standard InChI is InChI=1S/C8H16N2O2/c1-6(2)8(9)5-10(12)4-7(3)11/h4-6,11-12H,9H2,1-3H3/b7-4+,8-5-. The maximum atomic E-state index is 9.08. The van der Waals surface area contributed by atoms with Gasteiger partial charge in [0.15, 0.2) is 0 Å². The Morgan fingerprint density at radius 2 is 1.92 bits per heavy atom. The van der Waals surface area contributed by atoms with Crippen LogP contribution in [-0.2, 0) is 0 Å². The van der Waals surface area contributed by atoms with Crippen molar-refractivity contribution in [2.24, 2.45) is 11.7 Å². The van der Waals surface area contributed by atoms with Crippen molar-refractivity contribution in [3.63, 3.8) is 0 Å². The van der Waals surface area contributed by atoms with Gasteiger partial charge in [0.1, 0.15) is 5.76 Å². The largest absolute Gasteiger partial charge is 0.511 e. The van der Waals surface area contributed by atoms with Crippen molar-refractivity contribution in [2.45, 2.75) is 20.8 Å². The minimum atomic E-state index is 0.0188. The van der Waals surface area contributed by atoms with Crippen LogP contribution in [0.4, 0.5) is 0 Å². The van der Waals surface area contributed by atoms with E-state index >= 15 is 0 Å². The summed E-state index contributed by atoms with van der Waals surface area (Å²) in [5.74, 6) is 0.192. The second kappa shape index (κ2) is 4.66. The average molecular weight is 172 g/mol. The lowest BCUT2D eigenvalue weighted by atomic mass is 10.2. The molecule has 4 N–H and O–H groups in total. The smallest absolute Gasteiger partial charge is 0.108 e. The number of hydroxylamine groups is 2. The molecule has 0 unspecified atom stereocenters. The van der Waals surface area contributed by atoms with Gasteiger partial charge in [-0.3, -0.25) is 5.21 Å². The third kappa shape index (κ3) is 4.62. The molecule has 0 saturated carbocycles. The molecule has 0 heterocycles. The van der Waals surface area contributed by atoms with Crippen molar-refractivity contribution in [3.8, 4) is 0 Å². The number of allylic oxidation sites excluding steroid dienone is 2. The summed E-state index contributed by atoms with van der Waals surface area (Å²) in [5.41, 5.74) is 6.09. The van der Waals surface area contributed by atoms with Crippen LogP contribution >= 0.6 is 0 Å². The van der Waals surface area contributed by atoms with E-state index in [1.165, 1.54) is 13.1 Å². The summed E-state index contributed by atoms with van der Waals surface area (Å²) in [6, 6.07) is 0. The number of aliphatic hydroxyl groups excluding tert-OH is 1. The zero-order valence-corrected chi connectivity index (χ0v) is 7.65. The molecule has 0 fully saturated rings. The van der Waals surface area contributed by atoms with Gasteiger partial charge in [0.25, 0.3) is 0 Å². The molecule has 0 aliphatic rings. The Hall–Kier alpha value is -1.16. The maximum Gasteiger partial charge on any atom is 0.108 e. The van der Waals surface area contributed by atoms with Gasteiger partial charge in [-0.1, -0.05) is 13.8 Å². The van der Waals surface area contributed by atoms with E-state index < -0.39 is 0 Å². The van der Waals surface area contributed by atoms with E-state index in [0.717, 1.165) is 11.3 Å². The summed E-state index contributed by atoms with van der Waals surface area (Å²) < 4.78 is 0. The number of nitrogens with zero attached hydrogens (tertiary/aromatic N) is 1. The summed E-state index contributed by atoms with van der Waals surface area (Å²) >= 11 is 0. The van der Waals surface area contributed by atoms with E-state index in [9.17, 15) is 0 Å². The molecule has 0 bridgehead atoms. The summed E-state index contributed by atoms with van der Waals surface area (Å²) in [4.78, 5) is 0. The monoisotopic (exact) mass is 172 g/mol. The van der Waals surface area contributed by atoms with Crippen LogP contribution in [0.1, 0.15) is 20.8 Å². The second-order valence-electron chi connectivity index (χ2n) is 2.93. The number of hydrogen-bond acceptors (Lipinski definition) is 4. The third-order valence-corrected chi connectivity index (χ3v) is 1.27. The minimum absolute atomic E-state index is 0.0188. The van der Waals surface area contributed by atoms with Crippen molar-refractivity contribution in [1.82, 2.24) is 5.06 Å². The van der Waals surface area contributed by atoms with Gasteiger partial charge < -0.3 is 10.8 Å². The number of nitrogens with two attached hydrogens (primary N) is 1. The van der Waals surface area contributed by atoms with Crippen LogP contribution in [0, 0.1) is 5.92 Å². The Morgan fingerprint density at radius 3 is 2.25 bits per heavy atom. The highest BCUT2D eigenvalue weighted by Gasteiger charge is 1.98. The highest BCUT2D eigenvalue weighted by atomic mass is 16.5. The van der Waals surface area contributed by atoms with Gasteiger partial charge in [-0.2, -0.15) is 0 Å². The van der Waals surface area contributed by atoms with E-state index in [4.69, 9.17) is 16.0 Å². The van der Waals surface area contributed by atoms with Gasteiger partial charge >= 0.3 is 0 Å². The fraction of sp³-hybridized carbons (Fsp3) is 0.500. The number of aliphatic hydroxyl groups is 1. The third-order valence-electron chi connectivity index (χ3n) is 1.27. The molecular formula is C8H16N2O2. The lowest BCUT2D eigenvalue weighted by molar-refractivity contribution is 0.00630. The molecule has 0 aromatic carbocycles. The summed E-state index contributed by atoms with van der Waals surface area (Å²) in [6.07, 6.45) is 2.51. The molecule has 0 spiro atoms. The molecule has 12 heavy (non-hydrogen) atoms. The number of rotatable bonds is 3. The lowest BCUT2D eigenvalue weighted by Crippen LogP contribution is -2.12.